The summed E-state index contributed by atoms with van der Waals surface area (Å²) < 4.78 is 0. The molecule has 2 N–H and O–H groups in total. The van der Waals surface area contributed by atoms with Crippen molar-refractivity contribution in [3.05, 3.63) is 0 Å². The molecule has 1 saturated carbocycles. The number of carbonyl (C=O) groups excluding carboxylic acids is 1. The van der Waals surface area contributed by atoms with Crippen LogP contribution in [0.2, 0.25) is 0 Å². The topological polar surface area (TPSA) is 41.1 Å². The van der Waals surface area contributed by atoms with E-state index in [0.29, 0.717) is 12.0 Å². The van der Waals surface area contributed by atoms with Gasteiger partial charge in [-0.1, -0.05) is 34.6 Å². The maximum atomic E-state index is 12.5. The van der Waals surface area contributed by atoms with Crippen molar-refractivity contribution in [1.82, 2.24) is 10.6 Å². The van der Waals surface area contributed by atoms with E-state index in [-0.39, 0.29) is 41.1 Å². The van der Waals surface area contributed by atoms with Gasteiger partial charge >= 0.3 is 0 Å². The number of hydrogen-bond acceptors (Lipinski definition) is 2. The second-order valence-corrected chi connectivity index (χ2v) is 7.42. The molecule has 0 bridgehead atoms. The van der Waals surface area contributed by atoms with E-state index in [0.717, 1.165) is 13.0 Å². The average Bonchev–Trinajstić information content (AvgIpc) is 2.63. The van der Waals surface area contributed by atoms with E-state index in [1.54, 1.807) is 0 Å². The molecule has 0 aromatic heterocycles. The van der Waals surface area contributed by atoms with Crippen LogP contribution in [0.1, 0.15) is 48.0 Å². The zero-order valence-corrected chi connectivity index (χ0v) is 13.9. The summed E-state index contributed by atoms with van der Waals surface area (Å²) in [5, 5.41) is 6.74. The van der Waals surface area contributed by atoms with Crippen LogP contribution in [0.15, 0.2) is 0 Å². The summed E-state index contributed by atoms with van der Waals surface area (Å²) in [6, 6.07) is 0.654. The van der Waals surface area contributed by atoms with Crippen molar-refractivity contribution in [3.63, 3.8) is 0 Å². The fraction of sp³-hybridized carbons (Fsp3) is 0.933. The minimum Gasteiger partial charge on any atom is -0.351 e. The maximum Gasteiger partial charge on any atom is 0.224 e. The Morgan fingerprint density at radius 2 is 1.68 bits per heavy atom. The van der Waals surface area contributed by atoms with Crippen molar-refractivity contribution in [3.8, 4) is 0 Å². The Balaban J connectivity index is 0.00000180. The van der Waals surface area contributed by atoms with Crippen LogP contribution < -0.4 is 10.6 Å². The molecule has 1 heterocycles. The average molecular weight is 289 g/mol. The Morgan fingerprint density at radius 1 is 1.16 bits per heavy atom. The van der Waals surface area contributed by atoms with Gasteiger partial charge in [-0.15, -0.1) is 12.4 Å². The minimum absolute atomic E-state index is 0. The van der Waals surface area contributed by atoms with Crippen LogP contribution in [0.5, 0.6) is 0 Å². The molecule has 1 saturated heterocycles. The van der Waals surface area contributed by atoms with Crippen molar-refractivity contribution in [1.29, 1.82) is 0 Å². The van der Waals surface area contributed by atoms with Crippen LogP contribution in [0, 0.1) is 22.7 Å². The van der Waals surface area contributed by atoms with E-state index >= 15 is 0 Å². The summed E-state index contributed by atoms with van der Waals surface area (Å²) in [4.78, 5) is 12.5. The van der Waals surface area contributed by atoms with E-state index in [2.05, 4.69) is 52.2 Å². The van der Waals surface area contributed by atoms with Gasteiger partial charge in [-0.25, -0.2) is 0 Å². The minimum atomic E-state index is 0. The molecule has 4 heteroatoms. The first-order chi connectivity index (χ1) is 8.19. The lowest BCUT2D eigenvalue weighted by atomic mass is 9.89. The van der Waals surface area contributed by atoms with E-state index in [4.69, 9.17) is 0 Å². The van der Waals surface area contributed by atoms with Crippen molar-refractivity contribution in [2.75, 3.05) is 6.54 Å². The molecule has 0 radical (unpaired) electrons. The normalized spacial score (nSPS) is 36.2. The highest BCUT2D eigenvalue weighted by Gasteiger charge is 2.68. The summed E-state index contributed by atoms with van der Waals surface area (Å²) in [5.74, 6) is 0.971. The third-order valence-corrected chi connectivity index (χ3v) is 5.81. The summed E-state index contributed by atoms with van der Waals surface area (Å²) >= 11 is 0. The lowest BCUT2D eigenvalue weighted by Gasteiger charge is -2.36. The summed E-state index contributed by atoms with van der Waals surface area (Å²) in [5.41, 5.74) is 0.261. The monoisotopic (exact) mass is 288 g/mol. The van der Waals surface area contributed by atoms with E-state index in [1.165, 1.54) is 0 Å². The van der Waals surface area contributed by atoms with Crippen molar-refractivity contribution in [2.45, 2.75) is 60.0 Å². The molecular formula is C15H29ClN2O. The number of halogens is 1. The molecule has 3 atom stereocenters. The molecular weight excluding hydrogens is 260 g/mol. The van der Waals surface area contributed by atoms with Gasteiger partial charge in [0.1, 0.15) is 0 Å². The Labute approximate surface area is 123 Å². The first-order valence-corrected chi connectivity index (χ1v) is 7.23. The van der Waals surface area contributed by atoms with E-state index < -0.39 is 0 Å². The number of amides is 1. The van der Waals surface area contributed by atoms with Crippen molar-refractivity contribution in [2.24, 2.45) is 22.7 Å². The molecule has 3 unspecified atom stereocenters. The van der Waals surface area contributed by atoms with Gasteiger partial charge < -0.3 is 10.6 Å². The third kappa shape index (κ3) is 2.64. The van der Waals surface area contributed by atoms with E-state index in [1.807, 2.05) is 0 Å². The number of nitrogens with one attached hydrogen (secondary N) is 2. The highest BCUT2D eigenvalue weighted by atomic mass is 35.5. The Morgan fingerprint density at radius 3 is 2.11 bits per heavy atom. The van der Waals surface area contributed by atoms with Gasteiger partial charge in [-0.05, 0) is 36.6 Å². The zero-order chi connectivity index (χ0) is 13.7. The van der Waals surface area contributed by atoms with E-state index in [9.17, 15) is 4.79 Å². The predicted octanol–water partition coefficient (Wildman–Crippen LogP) is 2.59. The van der Waals surface area contributed by atoms with Crippen LogP contribution in [-0.2, 0) is 4.79 Å². The van der Waals surface area contributed by atoms with Crippen molar-refractivity contribution < 1.29 is 4.79 Å². The van der Waals surface area contributed by atoms with Crippen LogP contribution in [-0.4, -0.2) is 24.5 Å². The highest BCUT2D eigenvalue weighted by molar-refractivity contribution is 5.85. The van der Waals surface area contributed by atoms with Crippen LogP contribution in [0.4, 0.5) is 0 Å². The quantitative estimate of drug-likeness (QED) is 0.820. The summed E-state index contributed by atoms with van der Waals surface area (Å²) in [7, 11) is 0. The molecule has 0 aromatic carbocycles. The molecule has 3 nitrogen and oxygen atoms in total. The van der Waals surface area contributed by atoms with Gasteiger partial charge in [-0.3, -0.25) is 4.79 Å². The van der Waals surface area contributed by atoms with Crippen LogP contribution in [0.3, 0.4) is 0 Å². The van der Waals surface area contributed by atoms with Gasteiger partial charge in [0.05, 0.1) is 0 Å². The Hall–Kier alpha value is -0.280. The lowest BCUT2D eigenvalue weighted by molar-refractivity contribution is -0.125. The summed E-state index contributed by atoms with van der Waals surface area (Å²) in [6.45, 7) is 14.3. The van der Waals surface area contributed by atoms with Gasteiger partial charge in [0.25, 0.3) is 0 Å². The molecule has 0 aromatic rings. The largest absolute Gasteiger partial charge is 0.351 e. The molecule has 2 rings (SSSR count). The molecule has 112 valence electrons. The lowest BCUT2D eigenvalue weighted by Crippen LogP contribution is -2.56. The second-order valence-electron chi connectivity index (χ2n) is 7.42. The first kappa shape index (κ1) is 16.8. The van der Waals surface area contributed by atoms with Gasteiger partial charge in [0.15, 0.2) is 0 Å². The van der Waals surface area contributed by atoms with Gasteiger partial charge in [0, 0.05) is 18.0 Å². The Kier molecular flexibility index (Phi) is 4.63. The molecule has 0 spiro atoms. The number of piperidine rings is 1. The van der Waals surface area contributed by atoms with Gasteiger partial charge in [0.2, 0.25) is 5.91 Å². The fourth-order valence-corrected chi connectivity index (χ4v) is 3.70. The fourth-order valence-electron chi connectivity index (χ4n) is 3.70. The smallest absolute Gasteiger partial charge is 0.224 e. The SMILES string of the molecule is CC1CCNC(C)C1NC(=O)C1C(C)(C)C1(C)C.Cl. The maximum absolute atomic E-state index is 12.5. The molecule has 19 heavy (non-hydrogen) atoms. The first-order valence-electron chi connectivity index (χ1n) is 7.23. The Bertz CT molecular complexity index is 330. The molecule has 2 aliphatic rings. The second kappa shape index (κ2) is 5.25. The third-order valence-electron chi connectivity index (χ3n) is 5.81. The summed E-state index contributed by atoms with van der Waals surface area (Å²) in [6.07, 6.45) is 1.15. The predicted molar refractivity (Wildman–Crippen MR) is 81.5 cm³/mol. The van der Waals surface area contributed by atoms with Crippen molar-refractivity contribution >= 4 is 18.3 Å². The number of rotatable bonds is 2. The van der Waals surface area contributed by atoms with Crippen LogP contribution in [0.25, 0.3) is 0 Å². The van der Waals surface area contributed by atoms with Crippen LogP contribution >= 0.6 is 12.4 Å². The number of carbonyl (C=O) groups is 1. The molecule has 2 fully saturated rings. The highest BCUT2D eigenvalue weighted by Crippen LogP contribution is 2.68. The molecule has 1 aliphatic heterocycles. The van der Waals surface area contributed by atoms with Gasteiger partial charge in [-0.2, -0.15) is 0 Å². The molecule has 1 amide bonds. The zero-order valence-electron chi connectivity index (χ0n) is 13.0. The number of hydrogen-bond donors (Lipinski definition) is 2. The standard InChI is InChI=1S/C15H28N2O.ClH/c1-9-7-8-16-10(2)11(9)17-13(18)12-14(3,4)15(12,5)6;/h9-12,16H,7-8H2,1-6H3,(H,17,18);1H. The molecule has 1 aliphatic carbocycles.